The highest BCUT2D eigenvalue weighted by atomic mass is 16.5. The second-order valence-electron chi connectivity index (χ2n) is 28.1. The van der Waals surface area contributed by atoms with Crippen molar-refractivity contribution in [3.63, 3.8) is 0 Å². The van der Waals surface area contributed by atoms with E-state index in [1.54, 1.807) is 6.08 Å². The first-order valence-corrected chi connectivity index (χ1v) is 41.1. The van der Waals surface area contributed by atoms with Gasteiger partial charge in [0.1, 0.15) is 0 Å². The summed E-state index contributed by atoms with van der Waals surface area (Å²) in [5, 5.41) is 23.2. The van der Waals surface area contributed by atoms with Crippen LogP contribution in [-0.4, -0.2) is 47.4 Å². The molecule has 0 spiro atoms. The number of hydrogen-bond acceptors (Lipinski definition) is 5. The van der Waals surface area contributed by atoms with Crippen LogP contribution in [0.25, 0.3) is 0 Å². The minimum absolute atomic E-state index is 0.0151. The highest BCUT2D eigenvalue weighted by Crippen LogP contribution is 2.19. The predicted molar refractivity (Wildman–Crippen MR) is 402 cm³/mol. The number of rotatable bonds is 77. The Hall–Kier alpha value is -2.44. The molecule has 0 saturated heterocycles. The molecule has 1 amide bonds. The van der Waals surface area contributed by atoms with Crippen LogP contribution in [0.3, 0.4) is 0 Å². The maximum atomic E-state index is 12.5. The lowest BCUT2D eigenvalue weighted by molar-refractivity contribution is -0.143. The molecule has 0 aromatic rings. The van der Waals surface area contributed by atoms with E-state index in [1.807, 2.05) is 6.08 Å². The molecule has 0 heterocycles. The van der Waals surface area contributed by atoms with Crippen LogP contribution in [0.1, 0.15) is 444 Å². The molecule has 3 N–H and O–H groups in total. The van der Waals surface area contributed by atoms with E-state index >= 15 is 0 Å². The van der Waals surface area contributed by atoms with Gasteiger partial charge in [0.2, 0.25) is 5.91 Å². The van der Waals surface area contributed by atoms with Crippen molar-refractivity contribution in [2.75, 3.05) is 13.2 Å². The van der Waals surface area contributed by atoms with Crippen molar-refractivity contribution >= 4 is 11.9 Å². The van der Waals surface area contributed by atoms with Gasteiger partial charge in [-0.15, -0.1) is 0 Å². The second-order valence-corrected chi connectivity index (χ2v) is 28.1. The van der Waals surface area contributed by atoms with E-state index in [0.717, 1.165) is 57.8 Å². The molecule has 0 aromatic heterocycles. The molecule has 0 aromatic carbocycles. The Balaban J connectivity index is 3.37. The number of unbranched alkanes of at least 4 members (excludes halogenated alkanes) is 58. The average Bonchev–Trinajstić information content (AvgIpc) is 3.65. The lowest BCUT2D eigenvalue weighted by Gasteiger charge is -2.20. The molecule has 0 rings (SSSR count). The standard InChI is InChI=1S/C85H159NO5/c1-3-5-7-9-11-13-15-17-19-21-42-47-51-55-59-63-67-71-75-79-85(90)91-80-76-72-68-64-60-56-52-48-44-41-39-37-35-33-31-29-27-25-23-24-26-28-30-32-34-36-38-40-43-46-50-54-58-62-66-70-74-78-84(89)86-82(81-87)83(88)77-73-69-65-61-57-53-49-45-22-20-18-16-14-12-10-8-6-4-2/h11,13,17,19,23,25,29,31,73,77,82-83,87-88H,3-10,12,14-16,18,20-22,24,26-28,30,32-72,74-76,78-81H2,1-2H3,(H,86,89)/b13-11-,19-17-,25-23-,31-29-,77-73+. The van der Waals surface area contributed by atoms with Gasteiger partial charge in [0.05, 0.1) is 25.4 Å². The summed E-state index contributed by atoms with van der Waals surface area (Å²) in [6.07, 6.45) is 108. The molecule has 0 radical (unpaired) electrons. The van der Waals surface area contributed by atoms with Crippen LogP contribution in [0.15, 0.2) is 60.8 Å². The first kappa shape index (κ1) is 88.6. The number of carbonyl (C=O) groups is 2. The van der Waals surface area contributed by atoms with Gasteiger partial charge >= 0.3 is 5.97 Å². The Morgan fingerprint density at radius 2 is 0.549 bits per heavy atom. The fourth-order valence-corrected chi connectivity index (χ4v) is 12.8. The number of aliphatic hydroxyl groups excluding tert-OH is 2. The smallest absolute Gasteiger partial charge is 0.305 e. The molecule has 6 nitrogen and oxygen atoms in total. The van der Waals surface area contributed by atoms with E-state index < -0.39 is 12.1 Å². The maximum absolute atomic E-state index is 12.5. The van der Waals surface area contributed by atoms with Crippen LogP contribution in [0.4, 0.5) is 0 Å². The summed E-state index contributed by atoms with van der Waals surface area (Å²) in [6, 6.07) is -0.627. The summed E-state index contributed by atoms with van der Waals surface area (Å²) in [7, 11) is 0. The van der Waals surface area contributed by atoms with E-state index in [9.17, 15) is 19.8 Å². The van der Waals surface area contributed by atoms with Crippen molar-refractivity contribution in [3.8, 4) is 0 Å². The largest absolute Gasteiger partial charge is 0.466 e. The minimum Gasteiger partial charge on any atom is -0.466 e. The van der Waals surface area contributed by atoms with Crippen molar-refractivity contribution in [3.05, 3.63) is 60.8 Å². The fraction of sp³-hybridized carbons (Fsp3) is 0.859. The van der Waals surface area contributed by atoms with Gasteiger partial charge in [-0.3, -0.25) is 9.59 Å². The number of ether oxygens (including phenoxy) is 1. The highest BCUT2D eigenvalue weighted by molar-refractivity contribution is 5.76. The van der Waals surface area contributed by atoms with Crippen LogP contribution < -0.4 is 5.32 Å². The number of carbonyl (C=O) groups excluding carboxylic acids is 2. The Kier molecular flexibility index (Phi) is 77.9. The van der Waals surface area contributed by atoms with Crippen molar-refractivity contribution in [2.45, 2.75) is 456 Å². The van der Waals surface area contributed by atoms with E-state index in [1.165, 1.54) is 360 Å². The zero-order valence-electron chi connectivity index (χ0n) is 61.3. The summed E-state index contributed by atoms with van der Waals surface area (Å²) < 4.78 is 5.51. The summed E-state index contributed by atoms with van der Waals surface area (Å²) in [4.78, 5) is 24.7. The highest BCUT2D eigenvalue weighted by Gasteiger charge is 2.18. The van der Waals surface area contributed by atoms with Gasteiger partial charge in [0.25, 0.3) is 0 Å². The third-order valence-electron chi connectivity index (χ3n) is 19.0. The monoisotopic (exact) mass is 1270 g/mol. The van der Waals surface area contributed by atoms with E-state index in [0.29, 0.717) is 19.4 Å². The quantitative estimate of drug-likeness (QED) is 0.0320. The number of nitrogens with one attached hydrogen (secondary N) is 1. The topological polar surface area (TPSA) is 95.9 Å². The second kappa shape index (κ2) is 80.0. The summed E-state index contributed by atoms with van der Waals surface area (Å²) in [6.45, 7) is 4.92. The molecule has 91 heavy (non-hydrogen) atoms. The maximum Gasteiger partial charge on any atom is 0.305 e. The van der Waals surface area contributed by atoms with E-state index in [4.69, 9.17) is 4.74 Å². The molecule has 2 unspecified atom stereocenters. The van der Waals surface area contributed by atoms with Crippen LogP contribution >= 0.6 is 0 Å². The molecular formula is C85H159NO5. The van der Waals surface area contributed by atoms with E-state index in [2.05, 4.69) is 67.8 Å². The van der Waals surface area contributed by atoms with Gasteiger partial charge < -0.3 is 20.3 Å². The molecule has 0 saturated carbocycles. The summed E-state index contributed by atoms with van der Waals surface area (Å²) in [5.74, 6) is -0.0469. The van der Waals surface area contributed by atoms with Gasteiger partial charge in [-0.05, 0) is 96.3 Å². The van der Waals surface area contributed by atoms with Crippen molar-refractivity contribution in [2.24, 2.45) is 0 Å². The third-order valence-corrected chi connectivity index (χ3v) is 19.0. The first-order chi connectivity index (χ1) is 45.0. The Morgan fingerprint density at radius 3 is 0.857 bits per heavy atom. The number of amides is 1. The average molecular weight is 1280 g/mol. The lowest BCUT2D eigenvalue weighted by Crippen LogP contribution is -2.45. The van der Waals surface area contributed by atoms with Crippen LogP contribution in [-0.2, 0) is 14.3 Å². The normalized spacial score (nSPS) is 12.8. The molecule has 0 aliphatic rings. The van der Waals surface area contributed by atoms with E-state index in [-0.39, 0.29) is 18.5 Å². The van der Waals surface area contributed by atoms with Gasteiger partial charge in [-0.2, -0.15) is 0 Å². The number of esters is 1. The van der Waals surface area contributed by atoms with Gasteiger partial charge in [-0.1, -0.05) is 396 Å². The molecule has 534 valence electrons. The van der Waals surface area contributed by atoms with Gasteiger partial charge in [0.15, 0.2) is 0 Å². The molecular weight excluding hydrogens is 1110 g/mol. The number of hydrogen-bond donors (Lipinski definition) is 3. The van der Waals surface area contributed by atoms with Crippen LogP contribution in [0, 0.1) is 0 Å². The van der Waals surface area contributed by atoms with Crippen molar-refractivity contribution in [1.29, 1.82) is 0 Å². The summed E-state index contributed by atoms with van der Waals surface area (Å²) in [5.41, 5.74) is 0. The zero-order chi connectivity index (χ0) is 65.6. The fourth-order valence-electron chi connectivity index (χ4n) is 12.8. The number of allylic oxidation sites excluding steroid dienone is 9. The molecule has 0 aliphatic carbocycles. The first-order valence-electron chi connectivity index (χ1n) is 41.1. The molecule has 2 atom stereocenters. The predicted octanol–water partition coefficient (Wildman–Crippen LogP) is 27.3. The zero-order valence-corrected chi connectivity index (χ0v) is 61.3. The summed E-state index contributed by atoms with van der Waals surface area (Å²) >= 11 is 0. The van der Waals surface area contributed by atoms with Gasteiger partial charge in [-0.25, -0.2) is 0 Å². The lowest BCUT2D eigenvalue weighted by atomic mass is 10.0. The minimum atomic E-state index is -0.844. The molecule has 6 heteroatoms. The Bertz CT molecular complexity index is 1570. The van der Waals surface area contributed by atoms with Crippen molar-refractivity contribution < 1.29 is 24.5 Å². The molecule has 0 aliphatic heterocycles. The Morgan fingerprint density at radius 1 is 0.308 bits per heavy atom. The molecule has 0 fully saturated rings. The van der Waals surface area contributed by atoms with Crippen molar-refractivity contribution in [1.82, 2.24) is 5.32 Å². The van der Waals surface area contributed by atoms with Crippen LogP contribution in [0.2, 0.25) is 0 Å². The number of aliphatic hydroxyl groups is 2. The third kappa shape index (κ3) is 76.5. The molecule has 0 bridgehead atoms. The SMILES string of the molecule is CCCCC/C=C\C/C=C\CCCCCCCCCCCC(=O)OCCCCCCCCCCCCCCC/C=C\C/C=C\CCCCCCCCCCCCCCCCCCCC(=O)NC(CO)C(O)/C=C/CCCCCCCCCCCCCCCCCC. The van der Waals surface area contributed by atoms with Gasteiger partial charge in [0, 0.05) is 12.8 Å². The van der Waals surface area contributed by atoms with Crippen LogP contribution in [0.5, 0.6) is 0 Å². The Labute approximate surface area is 569 Å².